The summed E-state index contributed by atoms with van der Waals surface area (Å²) in [5.74, 6) is 0. The first-order chi connectivity index (χ1) is 7.15. The Labute approximate surface area is 90.9 Å². The first kappa shape index (κ1) is 11.6. The van der Waals surface area contributed by atoms with E-state index in [2.05, 4.69) is 5.16 Å². The summed E-state index contributed by atoms with van der Waals surface area (Å²) in [4.78, 5) is 5.24. The van der Waals surface area contributed by atoms with Crippen molar-refractivity contribution in [1.82, 2.24) is 0 Å². The molecule has 0 fully saturated rings. The van der Waals surface area contributed by atoms with E-state index in [-0.39, 0.29) is 0 Å². The van der Waals surface area contributed by atoms with Crippen molar-refractivity contribution in [1.29, 1.82) is 0 Å². The van der Waals surface area contributed by atoms with Crippen LogP contribution in [0.15, 0.2) is 23.4 Å². The van der Waals surface area contributed by atoms with Crippen molar-refractivity contribution < 1.29 is 4.84 Å². The van der Waals surface area contributed by atoms with E-state index in [4.69, 9.17) is 10.6 Å². The van der Waals surface area contributed by atoms with E-state index in [1.165, 1.54) is 0 Å². The summed E-state index contributed by atoms with van der Waals surface area (Å²) in [6, 6.07) is 5.84. The average Bonchev–Trinajstić information content (AvgIpc) is 2.22. The van der Waals surface area contributed by atoms with Gasteiger partial charge in [-0.3, -0.25) is 0 Å². The van der Waals surface area contributed by atoms with Crippen LogP contribution in [0.5, 0.6) is 0 Å². The van der Waals surface area contributed by atoms with E-state index in [9.17, 15) is 0 Å². The van der Waals surface area contributed by atoms with Gasteiger partial charge in [0.2, 0.25) is 0 Å². The zero-order chi connectivity index (χ0) is 11.3. The molecule has 0 aliphatic rings. The lowest BCUT2D eigenvalue weighted by Crippen LogP contribution is -1.99. The highest BCUT2D eigenvalue weighted by Crippen LogP contribution is 2.17. The summed E-state index contributed by atoms with van der Waals surface area (Å²) >= 11 is 0. The Morgan fingerprint density at radius 1 is 1.47 bits per heavy atom. The number of hydrogen-bond acceptors (Lipinski definition) is 3. The molecule has 0 radical (unpaired) electrons. The Bertz CT molecular complexity index is 338. The fraction of sp³-hybridized carbons (Fsp3) is 0.417. The van der Waals surface area contributed by atoms with Crippen molar-refractivity contribution in [2.45, 2.75) is 33.8 Å². The van der Waals surface area contributed by atoms with E-state index < -0.39 is 0 Å². The SMILES string of the molecule is CCC(C)=NOCc1c(C)cccc1N. The monoisotopic (exact) mass is 206 g/mol. The largest absolute Gasteiger partial charge is 0.398 e. The van der Waals surface area contributed by atoms with Gasteiger partial charge in [0.25, 0.3) is 0 Å². The quantitative estimate of drug-likeness (QED) is 0.468. The molecule has 3 heteroatoms. The lowest BCUT2D eigenvalue weighted by molar-refractivity contribution is 0.130. The number of nitrogens with two attached hydrogens (primary N) is 1. The fourth-order valence-corrected chi connectivity index (χ4v) is 1.19. The molecule has 0 heterocycles. The van der Waals surface area contributed by atoms with Crippen molar-refractivity contribution in [3.8, 4) is 0 Å². The number of hydrogen-bond donors (Lipinski definition) is 1. The minimum atomic E-state index is 0.440. The molecule has 0 atom stereocenters. The van der Waals surface area contributed by atoms with Crippen LogP contribution in [0.25, 0.3) is 0 Å². The summed E-state index contributed by atoms with van der Waals surface area (Å²) in [5.41, 5.74) is 9.75. The van der Waals surface area contributed by atoms with Crippen LogP contribution in [-0.4, -0.2) is 5.71 Å². The normalized spacial score (nSPS) is 11.5. The molecule has 0 unspecified atom stereocenters. The highest BCUT2D eigenvalue weighted by atomic mass is 16.6. The first-order valence-electron chi connectivity index (χ1n) is 5.14. The summed E-state index contributed by atoms with van der Waals surface area (Å²) in [7, 11) is 0. The van der Waals surface area contributed by atoms with Gasteiger partial charge >= 0.3 is 0 Å². The lowest BCUT2D eigenvalue weighted by atomic mass is 10.1. The van der Waals surface area contributed by atoms with Crippen molar-refractivity contribution in [2.75, 3.05) is 5.73 Å². The third kappa shape index (κ3) is 3.27. The van der Waals surface area contributed by atoms with E-state index in [0.29, 0.717) is 6.61 Å². The molecule has 15 heavy (non-hydrogen) atoms. The van der Waals surface area contributed by atoms with Crippen LogP contribution < -0.4 is 5.73 Å². The third-order valence-corrected chi connectivity index (χ3v) is 2.39. The molecule has 1 aromatic carbocycles. The number of aryl methyl sites for hydroxylation is 1. The zero-order valence-corrected chi connectivity index (χ0v) is 9.58. The minimum Gasteiger partial charge on any atom is -0.398 e. The fourth-order valence-electron chi connectivity index (χ4n) is 1.19. The number of anilines is 1. The van der Waals surface area contributed by atoms with E-state index in [0.717, 1.165) is 28.9 Å². The molecular weight excluding hydrogens is 188 g/mol. The summed E-state index contributed by atoms with van der Waals surface area (Å²) in [6.45, 7) is 6.45. The Morgan fingerprint density at radius 2 is 2.20 bits per heavy atom. The van der Waals surface area contributed by atoms with Crippen LogP contribution in [0.2, 0.25) is 0 Å². The molecule has 3 nitrogen and oxygen atoms in total. The summed E-state index contributed by atoms with van der Waals surface area (Å²) in [6.07, 6.45) is 0.906. The molecule has 0 saturated heterocycles. The van der Waals surface area contributed by atoms with E-state index in [1.54, 1.807) is 0 Å². The smallest absolute Gasteiger partial charge is 0.144 e. The van der Waals surface area contributed by atoms with Crippen LogP contribution in [0, 0.1) is 6.92 Å². The van der Waals surface area contributed by atoms with Gasteiger partial charge in [-0.1, -0.05) is 24.2 Å². The van der Waals surface area contributed by atoms with Crippen molar-refractivity contribution in [3.05, 3.63) is 29.3 Å². The van der Waals surface area contributed by atoms with Crippen LogP contribution >= 0.6 is 0 Å². The Hall–Kier alpha value is -1.51. The average molecular weight is 206 g/mol. The maximum atomic E-state index is 5.84. The van der Waals surface area contributed by atoms with Gasteiger partial charge in [-0.05, 0) is 31.9 Å². The van der Waals surface area contributed by atoms with Gasteiger partial charge in [0.15, 0.2) is 0 Å². The van der Waals surface area contributed by atoms with Gasteiger partial charge in [-0.15, -0.1) is 0 Å². The van der Waals surface area contributed by atoms with Crippen molar-refractivity contribution >= 4 is 11.4 Å². The van der Waals surface area contributed by atoms with Gasteiger partial charge in [0.05, 0.1) is 5.71 Å². The van der Waals surface area contributed by atoms with Crippen LogP contribution in [0.3, 0.4) is 0 Å². The van der Waals surface area contributed by atoms with Crippen molar-refractivity contribution in [2.24, 2.45) is 5.16 Å². The Kier molecular flexibility index (Phi) is 4.16. The molecule has 0 aromatic heterocycles. The standard InChI is InChI=1S/C12H18N2O/c1-4-10(3)14-15-8-11-9(2)6-5-7-12(11)13/h5-7H,4,8,13H2,1-3H3. The topological polar surface area (TPSA) is 47.6 Å². The maximum absolute atomic E-state index is 5.84. The summed E-state index contributed by atoms with van der Waals surface area (Å²) < 4.78 is 0. The highest BCUT2D eigenvalue weighted by Gasteiger charge is 2.02. The third-order valence-electron chi connectivity index (χ3n) is 2.39. The Balaban J connectivity index is 2.65. The molecule has 0 saturated carbocycles. The molecule has 82 valence electrons. The second-order valence-corrected chi connectivity index (χ2v) is 3.60. The highest BCUT2D eigenvalue weighted by molar-refractivity contribution is 5.80. The molecule has 0 aliphatic carbocycles. The van der Waals surface area contributed by atoms with Gasteiger partial charge in [-0.2, -0.15) is 0 Å². The number of nitrogens with zero attached hydrogens (tertiary/aromatic N) is 1. The van der Waals surface area contributed by atoms with Gasteiger partial charge < -0.3 is 10.6 Å². The van der Waals surface area contributed by atoms with Crippen LogP contribution in [0.4, 0.5) is 5.69 Å². The molecule has 1 rings (SSSR count). The zero-order valence-electron chi connectivity index (χ0n) is 9.58. The molecule has 2 N–H and O–H groups in total. The van der Waals surface area contributed by atoms with Crippen LogP contribution in [-0.2, 0) is 11.4 Å². The second-order valence-electron chi connectivity index (χ2n) is 3.60. The molecule has 0 spiro atoms. The number of oxime groups is 1. The second kappa shape index (κ2) is 5.39. The molecular formula is C12H18N2O. The van der Waals surface area contributed by atoms with Gasteiger partial charge in [0, 0.05) is 11.3 Å². The number of benzene rings is 1. The van der Waals surface area contributed by atoms with E-state index >= 15 is 0 Å². The number of nitrogen functional groups attached to an aromatic ring is 1. The molecule has 1 aromatic rings. The van der Waals surface area contributed by atoms with E-state index in [1.807, 2.05) is 39.0 Å². The first-order valence-corrected chi connectivity index (χ1v) is 5.14. The van der Waals surface area contributed by atoms with Crippen LogP contribution in [0.1, 0.15) is 31.4 Å². The Morgan fingerprint density at radius 3 is 2.80 bits per heavy atom. The minimum absolute atomic E-state index is 0.440. The molecule has 0 bridgehead atoms. The molecule has 0 aliphatic heterocycles. The van der Waals surface area contributed by atoms with Crippen molar-refractivity contribution in [3.63, 3.8) is 0 Å². The predicted octanol–water partition coefficient (Wildman–Crippen LogP) is 2.88. The number of rotatable bonds is 4. The lowest BCUT2D eigenvalue weighted by Gasteiger charge is -2.07. The maximum Gasteiger partial charge on any atom is 0.144 e. The predicted molar refractivity (Wildman–Crippen MR) is 63.8 cm³/mol. The van der Waals surface area contributed by atoms with Gasteiger partial charge in [0.1, 0.15) is 6.61 Å². The molecule has 0 amide bonds. The van der Waals surface area contributed by atoms with Gasteiger partial charge in [-0.25, -0.2) is 0 Å². The summed E-state index contributed by atoms with van der Waals surface area (Å²) in [5, 5.41) is 3.98.